The first kappa shape index (κ1) is 21.5. The lowest BCUT2D eigenvalue weighted by molar-refractivity contribution is 0.355. The smallest absolute Gasteiger partial charge is 0.281 e. The minimum absolute atomic E-state index is 0.299. The summed E-state index contributed by atoms with van der Waals surface area (Å²) in [5.41, 5.74) is 2.30. The van der Waals surface area contributed by atoms with Gasteiger partial charge in [-0.25, -0.2) is 4.39 Å². The standard InChI is InChI=1S/C19H29FN4O2S/c1-4-11-24(12-5-2)27(25,26)23(3)13-7-10-18-15-19(22-21-18)16-8-6-9-17(20)14-16/h6,8-9,14-15H,4-5,7,10-13H2,1-3H3,(H,21,22). The molecule has 2 aromatic rings. The van der Waals surface area contributed by atoms with Crippen LogP contribution in [0.5, 0.6) is 0 Å². The number of halogens is 1. The van der Waals surface area contributed by atoms with Gasteiger partial charge in [-0.1, -0.05) is 26.0 Å². The van der Waals surface area contributed by atoms with Crippen molar-refractivity contribution in [3.05, 3.63) is 41.8 Å². The molecule has 0 amide bonds. The number of aromatic nitrogens is 2. The first-order chi connectivity index (χ1) is 12.9. The van der Waals surface area contributed by atoms with E-state index < -0.39 is 10.2 Å². The summed E-state index contributed by atoms with van der Waals surface area (Å²) in [5.74, 6) is -0.299. The van der Waals surface area contributed by atoms with Crippen molar-refractivity contribution in [2.75, 3.05) is 26.7 Å². The molecule has 0 aliphatic rings. The van der Waals surface area contributed by atoms with Crippen LogP contribution >= 0.6 is 0 Å². The Morgan fingerprint density at radius 2 is 1.81 bits per heavy atom. The normalized spacial score (nSPS) is 12.2. The van der Waals surface area contributed by atoms with Crippen LogP contribution in [0.15, 0.2) is 30.3 Å². The molecular formula is C19H29FN4O2S. The number of hydrogen-bond donors (Lipinski definition) is 1. The van der Waals surface area contributed by atoms with Crippen molar-refractivity contribution in [1.82, 2.24) is 18.8 Å². The summed E-state index contributed by atoms with van der Waals surface area (Å²) in [5, 5.41) is 7.17. The van der Waals surface area contributed by atoms with Gasteiger partial charge < -0.3 is 0 Å². The summed E-state index contributed by atoms with van der Waals surface area (Å²) < 4.78 is 41.6. The maximum atomic E-state index is 13.3. The summed E-state index contributed by atoms with van der Waals surface area (Å²) in [6.07, 6.45) is 2.93. The third-order valence-electron chi connectivity index (χ3n) is 4.34. The Hall–Kier alpha value is -1.77. The van der Waals surface area contributed by atoms with Crippen molar-refractivity contribution < 1.29 is 12.8 Å². The molecule has 0 radical (unpaired) electrons. The fourth-order valence-corrected chi connectivity index (χ4v) is 4.51. The zero-order valence-electron chi connectivity index (χ0n) is 16.3. The zero-order chi connectivity index (χ0) is 19.9. The molecule has 0 aliphatic carbocycles. The number of nitrogens with zero attached hydrogens (tertiary/aromatic N) is 3. The van der Waals surface area contributed by atoms with Gasteiger partial charge in [-0.2, -0.15) is 22.1 Å². The lowest BCUT2D eigenvalue weighted by Gasteiger charge is -2.27. The SMILES string of the molecule is CCCN(CCC)S(=O)(=O)N(C)CCCc1cc(-c2cccc(F)c2)n[nH]1. The minimum Gasteiger partial charge on any atom is -0.282 e. The van der Waals surface area contributed by atoms with E-state index in [2.05, 4.69) is 10.2 Å². The second kappa shape index (κ2) is 9.96. The van der Waals surface area contributed by atoms with E-state index in [1.165, 1.54) is 16.4 Å². The van der Waals surface area contributed by atoms with Gasteiger partial charge in [0.15, 0.2) is 0 Å². The van der Waals surface area contributed by atoms with E-state index in [4.69, 9.17) is 0 Å². The van der Waals surface area contributed by atoms with Crippen LogP contribution < -0.4 is 0 Å². The quantitative estimate of drug-likeness (QED) is 0.632. The first-order valence-corrected chi connectivity index (χ1v) is 10.8. The Bertz CT molecular complexity index is 817. The zero-order valence-corrected chi connectivity index (χ0v) is 17.1. The molecule has 0 aliphatic heterocycles. The number of aryl methyl sites for hydroxylation is 1. The van der Waals surface area contributed by atoms with Crippen molar-refractivity contribution in [3.8, 4) is 11.3 Å². The van der Waals surface area contributed by atoms with Gasteiger partial charge in [0.05, 0.1) is 5.69 Å². The van der Waals surface area contributed by atoms with Crippen molar-refractivity contribution in [2.24, 2.45) is 0 Å². The van der Waals surface area contributed by atoms with Gasteiger partial charge >= 0.3 is 0 Å². The predicted molar refractivity (Wildman–Crippen MR) is 106 cm³/mol. The summed E-state index contributed by atoms with van der Waals surface area (Å²) >= 11 is 0. The fourth-order valence-electron chi connectivity index (χ4n) is 2.93. The Balaban J connectivity index is 1.92. The molecule has 6 nitrogen and oxygen atoms in total. The number of hydrogen-bond acceptors (Lipinski definition) is 3. The first-order valence-electron chi connectivity index (χ1n) is 9.40. The number of nitrogens with one attached hydrogen (secondary N) is 1. The molecule has 0 saturated carbocycles. The van der Waals surface area contributed by atoms with E-state index in [9.17, 15) is 12.8 Å². The van der Waals surface area contributed by atoms with Gasteiger partial charge in [0.1, 0.15) is 5.82 Å². The Morgan fingerprint density at radius 3 is 2.44 bits per heavy atom. The van der Waals surface area contributed by atoms with E-state index in [0.29, 0.717) is 43.7 Å². The topological polar surface area (TPSA) is 69.3 Å². The Morgan fingerprint density at radius 1 is 1.11 bits per heavy atom. The van der Waals surface area contributed by atoms with Gasteiger partial charge in [0, 0.05) is 37.9 Å². The molecule has 0 unspecified atom stereocenters. The minimum atomic E-state index is -3.42. The summed E-state index contributed by atoms with van der Waals surface area (Å²) in [6, 6.07) is 8.17. The van der Waals surface area contributed by atoms with Crippen LogP contribution in [0.1, 0.15) is 38.8 Å². The lowest BCUT2D eigenvalue weighted by atomic mass is 10.1. The van der Waals surface area contributed by atoms with Crippen molar-refractivity contribution in [1.29, 1.82) is 0 Å². The Kier molecular flexibility index (Phi) is 7.94. The van der Waals surface area contributed by atoms with E-state index in [1.54, 1.807) is 23.5 Å². The van der Waals surface area contributed by atoms with Crippen LogP contribution in [-0.2, 0) is 16.6 Å². The van der Waals surface area contributed by atoms with E-state index >= 15 is 0 Å². The number of rotatable bonds is 11. The summed E-state index contributed by atoms with van der Waals surface area (Å²) in [6.45, 7) is 5.47. The largest absolute Gasteiger partial charge is 0.282 e. The summed E-state index contributed by atoms with van der Waals surface area (Å²) in [7, 11) is -1.80. The van der Waals surface area contributed by atoms with Gasteiger partial charge in [-0.3, -0.25) is 5.10 Å². The average Bonchev–Trinajstić information content (AvgIpc) is 3.10. The van der Waals surface area contributed by atoms with Crippen LogP contribution in [-0.4, -0.2) is 53.9 Å². The molecule has 8 heteroatoms. The monoisotopic (exact) mass is 396 g/mol. The molecule has 0 atom stereocenters. The van der Waals surface area contributed by atoms with Crippen molar-refractivity contribution in [2.45, 2.75) is 39.5 Å². The predicted octanol–water partition coefficient (Wildman–Crippen LogP) is 3.45. The molecule has 0 spiro atoms. The van der Waals surface area contributed by atoms with Crippen LogP contribution in [0.25, 0.3) is 11.3 Å². The van der Waals surface area contributed by atoms with Gasteiger partial charge in [-0.05, 0) is 43.9 Å². The van der Waals surface area contributed by atoms with Crippen LogP contribution in [0.3, 0.4) is 0 Å². The lowest BCUT2D eigenvalue weighted by Crippen LogP contribution is -2.43. The Labute approximate surface area is 161 Å². The van der Waals surface area contributed by atoms with Crippen LogP contribution in [0, 0.1) is 5.82 Å². The molecule has 1 aromatic carbocycles. The van der Waals surface area contributed by atoms with E-state index in [-0.39, 0.29) is 5.82 Å². The second-order valence-corrected chi connectivity index (χ2v) is 8.66. The molecule has 150 valence electrons. The van der Waals surface area contributed by atoms with Crippen LogP contribution in [0.4, 0.5) is 4.39 Å². The van der Waals surface area contributed by atoms with Crippen molar-refractivity contribution in [3.63, 3.8) is 0 Å². The highest BCUT2D eigenvalue weighted by atomic mass is 32.2. The molecule has 27 heavy (non-hydrogen) atoms. The van der Waals surface area contributed by atoms with Gasteiger partial charge in [-0.15, -0.1) is 0 Å². The molecule has 0 fully saturated rings. The second-order valence-electron chi connectivity index (χ2n) is 6.62. The molecule has 1 aromatic heterocycles. The molecular weight excluding hydrogens is 367 g/mol. The third kappa shape index (κ3) is 5.85. The average molecular weight is 397 g/mol. The highest BCUT2D eigenvalue weighted by Gasteiger charge is 2.25. The maximum absolute atomic E-state index is 13.3. The fraction of sp³-hybridized carbons (Fsp3) is 0.526. The van der Waals surface area contributed by atoms with Crippen molar-refractivity contribution >= 4 is 10.2 Å². The number of aromatic amines is 1. The highest BCUT2D eigenvalue weighted by Crippen LogP contribution is 2.19. The van der Waals surface area contributed by atoms with Gasteiger partial charge in [0.2, 0.25) is 0 Å². The molecule has 0 bridgehead atoms. The molecule has 0 saturated heterocycles. The van der Waals surface area contributed by atoms with Gasteiger partial charge in [0.25, 0.3) is 10.2 Å². The van der Waals surface area contributed by atoms with Crippen LogP contribution in [0.2, 0.25) is 0 Å². The molecule has 1 N–H and O–H groups in total. The van der Waals surface area contributed by atoms with E-state index in [1.807, 2.05) is 19.9 Å². The highest BCUT2D eigenvalue weighted by molar-refractivity contribution is 7.86. The summed E-state index contributed by atoms with van der Waals surface area (Å²) in [4.78, 5) is 0. The molecule has 2 rings (SSSR count). The van der Waals surface area contributed by atoms with E-state index in [0.717, 1.165) is 18.5 Å². The maximum Gasteiger partial charge on any atom is 0.281 e. The number of benzene rings is 1. The molecule has 1 heterocycles. The number of H-pyrrole nitrogens is 1. The third-order valence-corrected chi connectivity index (χ3v) is 6.32.